The molecule has 0 spiro atoms. The first-order valence-electron chi connectivity index (χ1n) is 9.30. The van der Waals surface area contributed by atoms with Gasteiger partial charge in [0.05, 0.1) is 58.0 Å². The Labute approximate surface area is 171 Å². The monoisotopic (exact) mass is 420 g/mol. The van der Waals surface area contributed by atoms with Crippen molar-refractivity contribution in [3.8, 4) is 11.5 Å². The van der Waals surface area contributed by atoms with Gasteiger partial charge in [0, 0.05) is 11.6 Å². The Hall–Kier alpha value is -2.62. The Morgan fingerprint density at radius 2 is 1.79 bits per heavy atom. The number of piperazine rings is 1. The van der Waals surface area contributed by atoms with Gasteiger partial charge in [-0.2, -0.15) is 4.31 Å². The summed E-state index contributed by atoms with van der Waals surface area (Å²) in [6.07, 6.45) is 0. The number of rotatable bonds is 6. The van der Waals surface area contributed by atoms with Crippen molar-refractivity contribution in [3.63, 3.8) is 0 Å². The lowest BCUT2D eigenvalue weighted by molar-refractivity contribution is -0.883. The summed E-state index contributed by atoms with van der Waals surface area (Å²) in [4.78, 5) is 14.1. The Morgan fingerprint density at radius 3 is 2.45 bits per heavy atom. The number of nitrogens with zero attached hydrogens (tertiary/aromatic N) is 1. The number of hydrogen-bond donors (Lipinski definition) is 2. The second-order valence-electron chi connectivity index (χ2n) is 6.91. The SMILES string of the molecule is COc1ccc(NC(=O)c2cccc(S(=O)(=O)N3CC[NH+](C)CC3)c2)c(OC)c1. The van der Waals surface area contributed by atoms with Crippen LogP contribution < -0.4 is 19.7 Å². The van der Waals surface area contributed by atoms with Crippen LogP contribution in [0.1, 0.15) is 10.4 Å². The van der Waals surface area contributed by atoms with E-state index in [1.54, 1.807) is 37.4 Å². The van der Waals surface area contributed by atoms with Gasteiger partial charge >= 0.3 is 0 Å². The zero-order valence-electron chi connectivity index (χ0n) is 16.8. The number of carbonyl (C=O) groups is 1. The van der Waals surface area contributed by atoms with Crippen LogP contribution in [0.15, 0.2) is 47.4 Å². The smallest absolute Gasteiger partial charge is 0.255 e. The van der Waals surface area contributed by atoms with E-state index in [-0.39, 0.29) is 10.5 Å². The molecule has 2 N–H and O–H groups in total. The highest BCUT2D eigenvalue weighted by atomic mass is 32.2. The van der Waals surface area contributed by atoms with Gasteiger partial charge in [-0.25, -0.2) is 8.42 Å². The summed E-state index contributed by atoms with van der Waals surface area (Å²) >= 11 is 0. The van der Waals surface area contributed by atoms with Gasteiger partial charge in [0.2, 0.25) is 10.0 Å². The van der Waals surface area contributed by atoms with Gasteiger partial charge in [0.1, 0.15) is 11.5 Å². The summed E-state index contributed by atoms with van der Waals surface area (Å²) in [5.74, 6) is 0.622. The van der Waals surface area contributed by atoms with Crippen molar-refractivity contribution in [1.29, 1.82) is 0 Å². The van der Waals surface area contributed by atoms with E-state index < -0.39 is 15.9 Å². The molecule has 1 aliphatic heterocycles. The number of amides is 1. The zero-order valence-corrected chi connectivity index (χ0v) is 17.6. The van der Waals surface area contributed by atoms with Gasteiger partial charge in [0.25, 0.3) is 5.91 Å². The largest absolute Gasteiger partial charge is 0.497 e. The summed E-state index contributed by atoms with van der Waals surface area (Å²) in [5.41, 5.74) is 0.720. The van der Waals surface area contributed by atoms with E-state index in [4.69, 9.17) is 9.47 Å². The van der Waals surface area contributed by atoms with Crippen molar-refractivity contribution in [2.75, 3.05) is 52.8 Å². The van der Waals surface area contributed by atoms with Crippen LogP contribution in [-0.4, -0.2) is 66.1 Å². The topological polar surface area (TPSA) is 89.4 Å². The number of ether oxygens (including phenoxy) is 2. The number of carbonyl (C=O) groups excluding carboxylic acids is 1. The van der Waals surface area contributed by atoms with Gasteiger partial charge in [-0.1, -0.05) is 6.07 Å². The van der Waals surface area contributed by atoms with E-state index in [1.165, 1.54) is 28.4 Å². The quantitative estimate of drug-likeness (QED) is 0.710. The first kappa shape index (κ1) is 21.1. The number of quaternary nitrogens is 1. The standard InChI is InChI=1S/C20H25N3O5S/c1-22-9-11-23(12-10-22)29(25,26)17-6-4-5-15(13-17)20(24)21-18-8-7-16(27-2)14-19(18)28-3/h4-8,13-14H,9-12H2,1-3H3,(H,21,24)/p+1. The van der Waals surface area contributed by atoms with E-state index in [1.807, 2.05) is 7.05 Å². The maximum atomic E-state index is 12.9. The normalized spacial score (nSPS) is 15.7. The van der Waals surface area contributed by atoms with Gasteiger partial charge in [-0.3, -0.25) is 4.79 Å². The zero-order chi connectivity index (χ0) is 21.0. The summed E-state index contributed by atoms with van der Waals surface area (Å²) in [5, 5.41) is 2.76. The summed E-state index contributed by atoms with van der Waals surface area (Å²) in [6, 6.07) is 11.1. The molecule has 0 bridgehead atoms. The number of nitrogens with one attached hydrogen (secondary N) is 2. The fourth-order valence-corrected chi connectivity index (χ4v) is 4.64. The van der Waals surface area contributed by atoms with Crippen molar-refractivity contribution >= 4 is 21.6 Å². The van der Waals surface area contributed by atoms with Crippen LogP contribution in [0.25, 0.3) is 0 Å². The molecular formula is C20H26N3O5S+. The summed E-state index contributed by atoms with van der Waals surface area (Å²) in [7, 11) is 1.44. The summed E-state index contributed by atoms with van der Waals surface area (Å²) < 4.78 is 37.8. The van der Waals surface area contributed by atoms with Crippen LogP contribution in [-0.2, 0) is 10.0 Å². The fraction of sp³-hybridized carbons (Fsp3) is 0.350. The number of methoxy groups -OCH3 is 2. The van der Waals surface area contributed by atoms with Crippen LogP contribution in [0.2, 0.25) is 0 Å². The molecule has 0 radical (unpaired) electrons. The van der Waals surface area contributed by atoms with E-state index >= 15 is 0 Å². The van der Waals surface area contributed by atoms with Crippen molar-refractivity contribution in [2.24, 2.45) is 0 Å². The number of sulfonamides is 1. The molecule has 2 aromatic carbocycles. The molecule has 29 heavy (non-hydrogen) atoms. The maximum absolute atomic E-state index is 12.9. The summed E-state index contributed by atoms with van der Waals surface area (Å²) in [6.45, 7) is 2.45. The molecule has 0 aliphatic carbocycles. The molecule has 3 rings (SSSR count). The molecule has 1 saturated heterocycles. The third-order valence-electron chi connectivity index (χ3n) is 4.97. The van der Waals surface area contributed by atoms with E-state index in [0.29, 0.717) is 30.3 Å². The maximum Gasteiger partial charge on any atom is 0.255 e. The first-order chi connectivity index (χ1) is 13.8. The second-order valence-corrected chi connectivity index (χ2v) is 8.85. The lowest BCUT2D eigenvalue weighted by Gasteiger charge is -2.29. The highest BCUT2D eigenvalue weighted by Gasteiger charge is 2.29. The number of benzene rings is 2. The Bertz CT molecular complexity index is 985. The lowest BCUT2D eigenvalue weighted by Crippen LogP contribution is -3.12. The van der Waals surface area contributed by atoms with Crippen molar-refractivity contribution < 1.29 is 27.6 Å². The Kier molecular flexibility index (Phi) is 6.41. The van der Waals surface area contributed by atoms with Crippen molar-refractivity contribution in [1.82, 2.24) is 4.31 Å². The van der Waals surface area contributed by atoms with Crippen LogP contribution >= 0.6 is 0 Å². The van der Waals surface area contributed by atoms with Crippen molar-refractivity contribution in [3.05, 3.63) is 48.0 Å². The van der Waals surface area contributed by atoms with E-state index in [9.17, 15) is 13.2 Å². The molecule has 0 aromatic heterocycles. The minimum Gasteiger partial charge on any atom is -0.497 e. The molecule has 156 valence electrons. The third-order valence-corrected chi connectivity index (χ3v) is 6.86. The Balaban J connectivity index is 1.81. The Morgan fingerprint density at radius 1 is 1.07 bits per heavy atom. The van der Waals surface area contributed by atoms with Crippen LogP contribution in [0.5, 0.6) is 11.5 Å². The van der Waals surface area contributed by atoms with Crippen molar-refractivity contribution in [2.45, 2.75) is 4.90 Å². The molecule has 0 atom stereocenters. The molecule has 1 aliphatic rings. The molecule has 1 heterocycles. The van der Waals surface area contributed by atoms with Gasteiger partial charge < -0.3 is 19.7 Å². The molecule has 8 nitrogen and oxygen atoms in total. The predicted octanol–water partition coefficient (Wildman–Crippen LogP) is 0.475. The number of anilines is 1. The first-order valence-corrected chi connectivity index (χ1v) is 10.7. The van der Waals surface area contributed by atoms with Crippen LogP contribution in [0, 0.1) is 0 Å². The minimum absolute atomic E-state index is 0.117. The molecule has 0 saturated carbocycles. The highest BCUT2D eigenvalue weighted by Crippen LogP contribution is 2.29. The molecule has 0 unspecified atom stereocenters. The van der Waals surface area contributed by atoms with Gasteiger partial charge in [0.15, 0.2) is 0 Å². The average molecular weight is 421 g/mol. The number of likely N-dealkylation sites (N-methyl/N-ethyl adjacent to an activating group) is 1. The predicted molar refractivity (Wildman–Crippen MR) is 109 cm³/mol. The third kappa shape index (κ3) is 4.69. The minimum atomic E-state index is -3.64. The highest BCUT2D eigenvalue weighted by molar-refractivity contribution is 7.89. The number of hydrogen-bond acceptors (Lipinski definition) is 5. The fourth-order valence-electron chi connectivity index (χ4n) is 3.15. The molecule has 9 heteroatoms. The lowest BCUT2D eigenvalue weighted by atomic mass is 10.2. The molecular weight excluding hydrogens is 394 g/mol. The second kappa shape index (κ2) is 8.81. The molecule has 2 aromatic rings. The van der Waals surface area contributed by atoms with Crippen LogP contribution in [0.3, 0.4) is 0 Å². The van der Waals surface area contributed by atoms with E-state index in [0.717, 1.165) is 13.1 Å². The molecule has 1 fully saturated rings. The van der Waals surface area contributed by atoms with Gasteiger partial charge in [-0.05, 0) is 30.3 Å². The van der Waals surface area contributed by atoms with E-state index in [2.05, 4.69) is 5.32 Å². The molecule has 1 amide bonds. The van der Waals surface area contributed by atoms with Gasteiger partial charge in [-0.15, -0.1) is 0 Å². The average Bonchev–Trinajstić information content (AvgIpc) is 2.74. The van der Waals surface area contributed by atoms with Crippen LogP contribution in [0.4, 0.5) is 5.69 Å².